The molecule has 0 saturated heterocycles. The molecule has 2 aromatic heterocycles. The molecule has 45 heavy (non-hydrogen) atoms. The molecule has 0 aliphatic heterocycles. The molecule has 0 amide bonds. The van der Waals surface area contributed by atoms with Gasteiger partial charge in [-0.05, 0) is 54.5 Å². The van der Waals surface area contributed by atoms with Crippen LogP contribution in [0, 0.1) is 11.8 Å². The van der Waals surface area contributed by atoms with Crippen LogP contribution in [-0.4, -0.2) is 62.6 Å². The summed E-state index contributed by atoms with van der Waals surface area (Å²) in [5, 5.41) is 7.08. The highest BCUT2D eigenvalue weighted by molar-refractivity contribution is 5.78. The Bertz CT molecular complexity index is 1470. The molecule has 2 heterocycles. The zero-order chi connectivity index (χ0) is 32.3. The first-order chi connectivity index (χ1) is 21.8. The lowest BCUT2D eigenvalue weighted by Gasteiger charge is -2.25. The number of hydrogen-bond acceptors (Lipinski definition) is 9. The second-order valence-corrected chi connectivity index (χ2v) is 12.0. The molecule has 0 radical (unpaired) electrons. The van der Waals surface area contributed by atoms with Crippen LogP contribution in [0.4, 0.5) is 17.5 Å². The van der Waals surface area contributed by atoms with Crippen molar-refractivity contribution >= 4 is 28.6 Å². The summed E-state index contributed by atoms with van der Waals surface area (Å²) in [4.78, 5) is 12.6. The number of nitrogens with one attached hydrogen (secondary N) is 2. The lowest BCUT2D eigenvalue weighted by Crippen LogP contribution is -2.28. The van der Waals surface area contributed by atoms with Crippen molar-refractivity contribution in [3.63, 3.8) is 0 Å². The molecule has 0 unspecified atom stereocenters. The number of benzene rings is 2. The number of hydrogen-bond donors (Lipinski definition) is 2. The topological polar surface area (TPSA) is 94.9 Å². The van der Waals surface area contributed by atoms with Crippen molar-refractivity contribution in [2.75, 3.05) is 58.3 Å². The lowest BCUT2D eigenvalue weighted by molar-refractivity contribution is 0.324. The minimum atomic E-state index is 0.538. The third-order valence-corrected chi connectivity index (χ3v) is 7.78. The van der Waals surface area contributed by atoms with Crippen LogP contribution in [0.2, 0.25) is 0 Å². The third-order valence-electron chi connectivity index (χ3n) is 7.78. The Morgan fingerprint density at radius 3 is 1.98 bits per heavy atom. The van der Waals surface area contributed by atoms with Crippen molar-refractivity contribution < 1.29 is 18.9 Å². The van der Waals surface area contributed by atoms with Gasteiger partial charge in [0.15, 0.2) is 17.1 Å². The smallest absolute Gasteiger partial charge is 0.209 e. The molecule has 2 N–H and O–H groups in total. The van der Waals surface area contributed by atoms with E-state index >= 15 is 0 Å². The van der Waals surface area contributed by atoms with Gasteiger partial charge in [-0.25, -0.2) is 9.97 Å². The minimum absolute atomic E-state index is 0.538. The number of rotatable bonds is 18. The van der Waals surface area contributed by atoms with Crippen molar-refractivity contribution in [2.24, 2.45) is 11.8 Å². The minimum Gasteiger partial charge on any atom is -0.497 e. The average molecular weight is 619 g/mol. The van der Waals surface area contributed by atoms with Crippen LogP contribution in [0.15, 0.2) is 48.5 Å². The van der Waals surface area contributed by atoms with Gasteiger partial charge < -0.3 is 34.5 Å². The zero-order valence-electron chi connectivity index (χ0n) is 28.1. The number of pyridine rings is 1. The van der Waals surface area contributed by atoms with Crippen LogP contribution < -0.4 is 34.5 Å². The molecule has 2 aromatic carbocycles. The number of methoxy groups -OCH3 is 4. The largest absolute Gasteiger partial charge is 0.497 e. The van der Waals surface area contributed by atoms with Crippen LogP contribution in [0.5, 0.6) is 23.0 Å². The van der Waals surface area contributed by atoms with Gasteiger partial charge in [-0.3, -0.25) is 4.57 Å². The van der Waals surface area contributed by atoms with E-state index in [-0.39, 0.29) is 0 Å². The summed E-state index contributed by atoms with van der Waals surface area (Å²) >= 11 is 0. The highest BCUT2D eigenvalue weighted by atomic mass is 16.5. The maximum absolute atomic E-state index is 5.60. The van der Waals surface area contributed by atoms with Gasteiger partial charge in [-0.2, -0.15) is 0 Å². The number of ether oxygens (including phenoxy) is 4. The zero-order valence-corrected chi connectivity index (χ0v) is 28.1. The van der Waals surface area contributed by atoms with Crippen LogP contribution in [-0.2, 0) is 13.1 Å². The van der Waals surface area contributed by atoms with Crippen molar-refractivity contribution in [2.45, 2.75) is 53.6 Å². The molecule has 10 nitrogen and oxygen atoms in total. The van der Waals surface area contributed by atoms with Crippen LogP contribution in [0.3, 0.4) is 0 Å². The Balaban J connectivity index is 1.66. The Morgan fingerprint density at radius 1 is 0.778 bits per heavy atom. The van der Waals surface area contributed by atoms with E-state index in [1.54, 1.807) is 28.4 Å². The lowest BCUT2D eigenvalue weighted by atomic mass is 10.1. The number of nitrogens with zero attached hydrogens (tertiary/aromatic N) is 4. The molecule has 244 valence electrons. The molecular formula is C35H50N6O4. The van der Waals surface area contributed by atoms with Crippen LogP contribution in [0.25, 0.3) is 11.2 Å². The Kier molecular flexibility index (Phi) is 12.2. The van der Waals surface area contributed by atoms with Crippen LogP contribution >= 0.6 is 0 Å². The summed E-state index contributed by atoms with van der Waals surface area (Å²) in [5.41, 5.74) is 3.63. The molecule has 0 spiro atoms. The number of aromatic nitrogens is 3. The number of fused-ring (bicyclic) bond motifs is 1. The SMILES string of the molecule is COc1ccc(CNCCn2c(Nc3cc(OC)c(OC)c(OC)c3)nc3ccc(N(CCC(C)C)CCC(C)C)nc32)cc1. The first kappa shape index (κ1) is 33.7. The predicted molar refractivity (Wildman–Crippen MR) is 183 cm³/mol. The Labute approximate surface area is 268 Å². The summed E-state index contributed by atoms with van der Waals surface area (Å²) < 4.78 is 24.2. The van der Waals surface area contributed by atoms with E-state index in [0.29, 0.717) is 41.6 Å². The molecule has 4 aromatic rings. The van der Waals surface area contributed by atoms with Gasteiger partial charge in [-0.15, -0.1) is 0 Å². The van der Waals surface area contributed by atoms with Crippen molar-refractivity contribution in [1.29, 1.82) is 0 Å². The Hall–Kier alpha value is -4.18. The predicted octanol–water partition coefficient (Wildman–Crippen LogP) is 6.90. The first-order valence-corrected chi connectivity index (χ1v) is 15.8. The van der Waals surface area contributed by atoms with Gasteiger partial charge in [0.1, 0.15) is 17.1 Å². The Morgan fingerprint density at radius 2 is 1.42 bits per heavy atom. The van der Waals surface area contributed by atoms with Gasteiger partial charge in [0.2, 0.25) is 11.7 Å². The summed E-state index contributed by atoms with van der Waals surface area (Å²) in [5.74, 6) is 5.42. The van der Waals surface area contributed by atoms with Crippen molar-refractivity contribution in [3.05, 3.63) is 54.1 Å². The fraction of sp³-hybridized carbons (Fsp3) is 0.486. The van der Waals surface area contributed by atoms with Crippen molar-refractivity contribution in [1.82, 2.24) is 19.9 Å². The quantitative estimate of drug-likeness (QED) is 0.116. The van der Waals surface area contributed by atoms with Gasteiger partial charge >= 0.3 is 0 Å². The standard InChI is InChI=1S/C35H50N6O4/c1-24(2)15-18-40(19-16-25(3)4)32-14-13-29-34(39-32)41(20-17-36-23-26-9-11-28(42-5)12-10-26)35(38-29)37-27-21-30(43-6)33(45-8)31(22-27)44-7/h9-14,21-22,24-25,36H,15-20,23H2,1-8H3,(H,37,38). The molecule has 0 saturated carbocycles. The fourth-order valence-corrected chi connectivity index (χ4v) is 5.09. The maximum Gasteiger partial charge on any atom is 0.209 e. The third kappa shape index (κ3) is 8.94. The molecular weight excluding hydrogens is 568 g/mol. The second-order valence-electron chi connectivity index (χ2n) is 12.0. The van der Waals surface area contributed by atoms with Crippen molar-refractivity contribution in [3.8, 4) is 23.0 Å². The van der Waals surface area contributed by atoms with Gasteiger partial charge in [-0.1, -0.05) is 39.8 Å². The highest BCUT2D eigenvalue weighted by Crippen LogP contribution is 2.40. The van der Waals surface area contributed by atoms with Gasteiger partial charge in [0, 0.05) is 50.5 Å². The van der Waals surface area contributed by atoms with Crippen LogP contribution in [0.1, 0.15) is 46.1 Å². The second kappa shape index (κ2) is 16.2. The summed E-state index contributed by atoms with van der Waals surface area (Å²) in [7, 11) is 6.50. The molecule has 10 heteroatoms. The van der Waals surface area contributed by atoms with Gasteiger partial charge in [0.25, 0.3) is 0 Å². The average Bonchev–Trinajstić information content (AvgIpc) is 3.38. The van der Waals surface area contributed by atoms with E-state index in [1.807, 2.05) is 24.3 Å². The molecule has 0 fully saturated rings. The van der Waals surface area contributed by atoms with E-state index in [0.717, 1.165) is 67.4 Å². The molecule has 0 aliphatic carbocycles. The van der Waals surface area contributed by atoms with E-state index in [9.17, 15) is 0 Å². The van der Waals surface area contributed by atoms with E-state index in [2.05, 4.69) is 72.1 Å². The van der Waals surface area contributed by atoms with E-state index in [4.69, 9.17) is 28.9 Å². The highest BCUT2D eigenvalue weighted by Gasteiger charge is 2.19. The molecule has 0 aliphatic rings. The van der Waals surface area contributed by atoms with Gasteiger partial charge in [0.05, 0.1) is 28.4 Å². The normalized spacial score (nSPS) is 11.3. The summed E-state index contributed by atoms with van der Waals surface area (Å²) in [6.45, 7) is 13.1. The number of anilines is 3. The molecule has 0 bridgehead atoms. The summed E-state index contributed by atoms with van der Waals surface area (Å²) in [6.07, 6.45) is 2.22. The van der Waals surface area contributed by atoms with E-state index < -0.39 is 0 Å². The fourth-order valence-electron chi connectivity index (χ4n) is 5.09. The maximum atomic E-state index is 5.60. The molecule has 0 atom stereocenters. The summed E-state index contributed by atoms with van der Waals surface area (Å²) in [6, 6.07) is 16.1. The monoisotopic (exact) mass is 618 g/mol. The van der Waals surface area contributed by atoms with E-state index in [1.165, 1.54) is 5.56 Å². The molecule has 4 rings (SSSR count). The number of imidazole rings is 1. The first-order valence-electron chi connectivity index (χ1n) is 15.8.